The molecule has 0 saturated heterocycles. The zero-order valence-corrected chi connectivity index (χ0v) is 7.58. The lowest BCUT2D eigenvalue weighted by Crippen LogP contribution is -2.21. The Morgan fingerprint density at radius 2 is 2.25 bits per heavy atom. The predicted molar refractivity (Wildman–Crippen MR) is 46.9 cm³/mol. The van der Waals surface area contributed by atoms with Crippen LogP contribution in [0.2, 0.25) is 0 Å². The molecule has 0 fully saturated rings. The highest BCUT2D eigenvalue weighted by molar-refractivity contribution is 5.05. The molecule has 0 saturated carbocycles. The van der Waals surface area contributed by atoms with Crippen molar-refractivity contribution in [2.75, 3.05) is 20.3 Å². The summed E-state index contributed by atoms with van der Waals surface area (Å²) in [6.45, 7) is 2.85. The lowest BCUT2D eigenvalue weighted by Gasteiger charge is -2.10. The largest absolute Gasteiger partial charge is 0.466 e. The molecule has 1 rings (SSSR count). The first-order valence-corrected chi connectivity index (χ1v) is 4.07. The van der Waals surface area contributed by atoms with Crippen LogP contribution in [0.5, 0.6) is 0 Å². The first kappa shape index (κ1) is 9.29. The predicted octanol–water partition coefficient (Wildman–Crippen LogP) is 1.01. The van der Waals surface area contributed by atoms with Crippen LogP contribution < -0.4 is 0 Å². The third kappa shape index (κ3) is 2.68. The molecular weight excluding hydrogens is 154 g/mol. The molecule has 0 aliphatic heterocycles. The van der Waals surface area contributed by atoms with E-state index in [2.05, 4.69) is 0 Å². The monoisotopic (exact) mass is 169 g/mol. The van der Waals surface area contributed by atoms with Gasteiger partial charge in [-0.3, -0.25) is 4.90 Å². The van der Waals surface area contributed by atoms with Gasteiger partial charge in [0.15, 0.2) is 0 Å². The Labute approximate surface area is 72.6 Å². The minimum absolute atomic E-state index is 0.0969. The second kappa shape index (κ2) is 4.28. The van der Waals surface area contributed by atoms with Gasteiger partial charge in [-0.05, 0) is 26.1 Å². The molecule has 0 atom stereocenters. The molecule has 3 nitrogen and oxygen atoms in total. The Morgan fingerprint density at radius 3 is 2.75 bits per heavy atom. The summed E-state index contributed by atoms with van der Waals surface area (Å²) in [6, 6.07) is 3.93. The Bertz CT molecular complexity index is 232. The summed E-state index contributed by atoms with van der Waals surface area (Å²) in [5.41, 5.74) is 0. The number of likely N-dealkylation sites (N-methyl/N-ethyl adjacent to an activating group) is 1. The summed E-state index contributed by atoms with van der Waals surface area (Å²) in [7, 11) is 1.87. The fourth-order valence-corrected chi connectivity index (χ4v) is 0.991. The fourth-order valence-electron chi connectivity index (χ4n) is 0.991. The maximum Gasteiger partial charge on any atom is 0.105 e. The second-order valence-electron chi connectivity index (χ2n) is 2.98. The molecule has 12 heavy (non-hydrogen) atoms. The summed E-state index contributed by atoms with van der Waals surface area (Å²) in [6.07, 6.45) is 0.852. The third-order valence-electron chi connectivity index (χ3n) is 1.78. The number of aliphatic hydroxyl groups excluding tert-OH is 1. The highest BCUT2D eigenvalue weighted by Crippen LogP contribution is 2.06. The van der Waals surface area contributed by atoms with Gasteiger partial charge in [-0.2, -0.15) is 0 Å². The van der Waals surface area contributed by atoms with Crippen LogP contribution >= 0.6 is 0 Å². The van der Waals surface area contributed by atoms with Gasteiger partial charge in [-0.1, -0.05) is 0 Å². The van der Waals surface area contributed by atoms with Crippen molar-refractivity contribution in [2.24, 2.45) is 0 Å². The van der Waals surface area contributed by atoms with E-state index in [0.717, 1.165) is 24.5 Å². The van der Waals surface area contributed by atoms with Crippen molar-refractivity contribution in [2.45, 2.75) is 13.3 Å². The first-order chi connectivity index (χ1) is 5.72. The SMILES string of the molecule is Cc1ccc(CCN(C)CO)o1. The van der Waals surface area contributed by atoms with Gasteiger partial charge in [0, 0.05) is 13.0 Å². The molecule has 0 bridgehead atoms. The van der Waals surface area contributed by atoms with Crippen molar-refractivity contribution in [1.82, 2.24) is 4.90 Å². The molecule has 0 unspecified atom stereocenters. The highest BCUT2D eigenvalue weighted by Gasteiger charge is 2.00. The van der Waals surface area contributed by atoms with Crippen molar-refractivity contribution in [3.05, 3.63) is 23.7 Å². The van der Waals surface area contributed by atoms with Gasteiger partial charge in [0.05, 0.1) is 6.73 Å². The summed E-state index contributed by atoms with van der Waals surface area (Å²) in [5, 5.41) is 8.71. The summed E-state index contributed by atoms with van der Waals surface area (Å²) < 4.78 is 5.37. The molecule has 3 heteroatoms. The van der Waals surface area contributed by atoms with E-state index in [0.29, 0.717) is 0 Å². The average Bonchev–Trinajstić information content (AvgIpc) is 2.47. The molecule has 0 aliphatic carbocycles. The van der Waals surface area contributed by atoms with Crippen LogP contribution in [0.25, 0.3) is 0 Å². The minimum Gasteiger partial charge on any atom is -0.466 e. The lowest BCUT2D eigenvalue weighted by molar-refractivity contribution is 0.132. The van der Waals surface area contributed by atoms with Gasteiger partial charge in [0.1, 0.15) is 11.5 Å². The highest BCUT2D eigenvalue weighted by atomic mass is 16.3. The number of hydrogen-bond donors (Lipinski definition) is 1. The van der Waals surface area contributed by atoms with Crippen molar-refractivity contribution in [1.29, 1.82) is 0 Å². The van der Waals surface area contributed by atoms with Gasteiger partial charge in [-0.25, -0.2) is 0 Å². The third-order valence-corrected chi connectivity index (χ3v) is 1.78. The molecule has 68 valence electrons. The summed E-state index contributed by atoms with van der Waals surface area (Å²) >= 11 is 0. The molecule has 1 aromatic rings. The van der Waals surface area contributed by atoms with E-state index in [1.165, 1.54) is 0 Å². The van der Waals surface area contributed by atoms with Gasteiger partial charge < -0.3 is 9.52 Å². The summed E-state index contributed by atoms with van der Waals surface area (Å²) in [4.78, 5) is 1.83. The second-order valence-corrected chi connectivity index (χ2v) is 2.98. The standard InChI is InChI=1S/C9H15NO2/c1-8-3-4-9(12-8)5-6-10(2)7-11/h3-4,11H,5-7H2,1-2H3. The Balaban J connectivity index is 2.33. The van der Waals surface area contributed by atoms with E-state index in [9.17, 15) is 0 Å². The number of hydrogen-bond acceptors (Lipinski definition) is 3. The van der Waals surface area contributed by atoms with E-state index < -0.39 is 0 Å². The zero-order valence-electron chi connectivity index (χ0n) is 7.58. The van der Waals surface area contributed by atoms with Crippen molar-refractivity contribution in [3.8, 4) is 0 Å². The molecule has 1 heterocycles. The lowest BCUT2D eigenvalue weighted by atomic mass is 10.3. The van der Waals surface area contributed by atoms with E-state index in [-0.39, 0.29) is 6.73 Å². The number of furan rings is 1. The number of aliphatic hydroxyl groups is 1. The van der Waals surface area contributed by atoms with Crippen molar-refractivity contribution < 1.29 is 9.52 Å². The van der Waals surface area contributed by atoms with Crippen LogP contribution in [0.1, 0.15) is 11.5 Å². The molecule has 0 aromatic carbocycles. The maximum atomic E-state index is 8.71. The molecule has 0 amide bonds. The van der Waals surface area contributed by atoms with Gasteiger partial charge in [0.2, 0.25) is 0 Å². The van der Waals surface area contributed by atoms with Crippen LogP contribution in [-0.2, 0) is 6.42 Å². The van der Waals surface area contributed by atoms with E-state index in [1.54, 1.807) is 0 Å². The van der Waals surface area contributed by atoms with Gasteiger partial charge in [0.25, 0.3) is 0 Å². The van der Waals surface area contributed by atoms with Gasteiger partial charge in [-0.15, -0.1) is 0 Å². The number of nitrogens with zero attached hydrogens (tertiary/aromatic N) is 1. The molecule has 1 aromatic heterocycles. The molecule has 0 aliphatic rings. The molecule has 0 spiro atoms. The Morgan fingerprint density at radius 1 is 1.50 bits per heavy atom. The van der Waals surface area contributed by atoms with Crippen LogP contribution in [0.4, 0.5) is 0 Å². The number of rotatable bonds is 4. The maximum absolute atomic E-state index is 8.71. The minimum atomic E-state index is 0.0969. The zero-order chi connectivity index (χ0) is 8.97. The summed E-state index contributed by atoms with van der Waals surface area (Å²) in [5.74, 6) is 1.92. The Kier molecular flexibility index (Phi) is 3.31. The fraction of sp³-hybridized carbons (Fsp3) is 0.556. The molecular formula is C9H15NO2. The van der Waals surface area contributed by atoms with Crippen LogP contribution in [0.3, 0.4) is 0 Å². The number of aryl methyl sites for hydroxylation is 1. The van der Waals surface area contributed by atoms with E-state index >= 15 is 0 Å². The van der Waals surface area contributed by atoms with Crippen LogP contribution in [-0.4, -0.2) is 30.3 Å². The van der Waals surface area contributed by atoms with Crippen LogP contribution in [0, 0.1) is 6.92 Å². The Hall–Kier alpha value is -0.800. The topological polar surface area (TPSA) is 36.6 Å². The molecule has 1 N–H and O–H groups in total. The van der Waals surface area contributed by atoms with Crippen molar-refractivity contribution >= 4 is 0 Å². The van der Waals surface area contributed by atoms with E-state index in [1.807, 2.05) is 31.0 Å². The average molecular weight is 169 g/mol. The van der Waals surface area contributed by atoms with Crippen LogP contribution in [0.15, 0.2) is 16.5 Å². The quantitative estimate of drug-likeness (QED) is 0.683. The van der Waals surface area contributed by atoms with E-state index in [4.69, 9.17) is 9.52 Å². The van der Waals surface area contributed by atoms with Gasteiger partial charge >= 0.3 is 0 Å². The normalized spacial score (nSPS) is 11.0. The molecule has 0 radical (unpaired) electrons. The smallest absolute Gasteiger partial charge is 0.105 e. The first-order valence-electron chi connectivity index (χ1n) is 4.07. The van der Waals surface area contributed by atoms with Crippen molar-refractivity contribution in [3.63, 3.8) is 0 Å².